The van der Waals surface area contributed by atoms with Gasteiger partial charge in [0.15, 0.2) is 12.2 Å². The Kier molecular flexibility index (Phi) is 4.46. The summed E-state index contributed by atoms with van der Waals surface area (Å²) in [5, 5.41) is 2.72. The van der Waals surface area contributed by atoms with Crippen molar-refractivity contribution < 1.29 is 9.36 Å². The number of hydrogen-bond acceptors (Lipinski definition) is 2. The molecule has 0 N–H and O–H groups in total. The van der Waals surface area contributed by atoms with E-state index >= 15 is 0 Å². The predicted octanol–water partition coefficient (Wildman–Crippen LogP) is 4.73. The largest absolute Gasteiger partial charge is 0.290 e. The number of fused-ring (bicyclic) bond motifs is 1. The molecule has 0 spiro atoms. The number of aromatic nitrogens is 2. The van der Waals surface area contributed by atoms with E-state index in [9.17, 15) is 4.79 Å². The molecule has 0 amide bonds. The molecule has 0 saturated heterocycles. The first-order chi connectivity index (χ1) is 12.7. The van der Waals surface area contributed by atoms with E-state index in [-0.39, 0.29) is 12.3 Å². The fourth-order valence-corrected chi connectivity index (χ4v) is 3.21. The topological polar surface area (TPSA) is 33.8 Å². The maximum Gasteiger partial charge on any atom is 0.287 e. The van der Waals surface area contributed by atoms with Crippen LogP contribution in [0.25, 0.3) is 22.0 Å². The minimum absolute atomic E-state index is 0.0594. The van der Waals surface area contributed by atoms with Crippen LogP contribution in [0.15, 0.2) is 85.3 Å². The highest BCUT2D eigenvalue weighted by molar-refractivity contribution is 6.30. The fraction of sp³-hybridized carbons (Fsp3) is 0.0455. The van der Waals surface area contributed by atoms with Gasteiger partial charge >= 0.3 is 0 Å². The summed E-state index contributed by atoms with van der Waals surface area (Å²) >= 11 is 6.03. The number of ketones is 1. The van der Waals surface area contributed by atoms with Gasteiger partial charge in [-0.25, -0.2) is 4.57 Å². The number of benzene rings is 3. The number of Topliss-reactive ketones (excluding diaryl/α,β-unsaturated/α-hetero) is 1. The molecule has 4 heteroatoms. The van der Waals surface area contributed by atoms with Crippen molar-refractivity contribution in [2.45, 2.75) is 6.54 Å². The van der Waals surface area contributed by atoms with Gasteiger partial charge in [-0.1, -0.05) is 66.2 Å². The first kappa shape index (κ1) is 16.4. The summed E-state index contributed by atoms with van der Waals surface area (Å²) in [6.45, 7) is 0.247. The molecule has 1 heterocycles. The maximum absolute atomic E-state index is 12.8. The van der Waals surface area contributed by atoms with Gasteiger partial charge in [0.1, 0.15) is 0 Å². The standard InChI is InChI=1S/C22H16ClN2O/c23-18-8-3-7-17(13-18)21-11-12-25(15-24-21)14-22(26)20-10-4-6-16-5-1-2-9-19(16)20/h1-13,15H,14H2/q+1. The third kappa shape index (κ3) is 3.35. The molecule has 126 valence electrons. The molecule has 4 rings (SSSR count). The molecule has 0 atom stereocenters. The predicted molar refractivity (Wildman–Crippen MR) is 103 cm³/mol. The lowest BCUT2D eigenvalue weighted by atomic mass is 10.0. The number of nitrogens with zero attached hydrogens (tertiary/aromatic N) is 2. The number of rotatable bonds is 4. The van der Waals surface area contributed by atoms with Crippen molar-refractivity contribution in [1.82, 2.24) is 4.98 Å². The van der Waals surface area contributed by atoms with E-state index in [1.54, 1.807) is 10.9 Å². The van der Waals surface area contributed by atoms with Crippen molar-refractivity contribution >= 4 is 28.2 Å². The van der Waals surface area contributed by atoms with Crippen molar-refractivity contribution in [2.75, 3.05) is 0 Å². The van der Waals surface area contributed by atoms with Gasteiger partial charge in [0.25, 0.3) is 6.33 Å². The highest BCUT2D eigenvalue weighted by Gasteiger charge is 2.14. The van der Waals surface area contributed by atoms with Gasteiger partial charge < -0.3 is 0 Å². The Balaban J connectivity index is 1.58. The molecule has 26 heavy (non-hydrogen) atoms. The number of halogens is 1. The van der Waals surface area contributed by atoms with Gasteiger partial charge in [0, 0.05) is 22.2 Å². The lowest BCUT2D eigenvalue weighted by molar-refractivity contribution is -0.686. The normalized spacial score (nSPS) is 10.8. The molecule has 0 aliphatic carbocycles. The summed E-state index contributed by atoms with van der Waals surface area (Å²) in [6.07, 6.45) is 3.55. The van der Waals surface area contributed by atoms with E-state index in [1.807, 2.05) is 79.0 Å². The lowest BCUT2D eigenvalue weighted by Gasteiger charge is -2.05. The fourth-order valence-electron chi connectivity index (χ4n) is 3.02. The van der Waals surface area contributed by atoms with Crippen LogP contribution in [-0.2, 0) is 6.54 Å². The van der Waals surface area contributed by atoms with Crippen molar-refractivity contribution in [1.29, 1.82) is 0 Å². The van der Waals surface area contributed by atoms with Gasteiger partial charge in [0.2, 0.25) is 5.78 Å². The Bertz CT molecular complexity index is 1090. The van der Waals surface area contributed by atoms with Crippen molar-refractivity contribution in [3.05, 3.63) is 95.9 Å². The van der Waals surface area contributed by atoms with Gasteiger partial charge in [-0.05, 0) is 27.9 Å². The Hall–Kier alpha value is -3.04. The van der Waals surface area contributed by atoms with E-state index in [2.05, 4.69) is 4.98 Å². The summed E-state index contributed by atoms with van der Waals surface area (Å²) in [5.41, 5.74) is 2.50. The van der Waals surface area contributed by atoms with Crippen molar-refractivity contribution in [3.8, 4) is 11.3 Å². The minimum atomic E-state index is 0.0594. The van der Waals surface area contributed by atoms with Crippen LogP contribution in [0.2, 0.25) is 5.02 Å². The zero-order valence-electron chi connectivity index (χ0n) is 14.0. The molecule has 0 aliphatic rings. The smallest absolute Gasteiger partial charge is 0.287 e. The SMILES string of the molecule is O=C(C[n+]1ccc(-c2cccc(Cl)c2)nc1)c1cccc2ccccc12. The van der Waals surface area contributed by atoms with E-state index in [1.165, 1.54) is 0 Å². The summed E-state index contributed by atoms with van der Waals surface area (Å²) in [5.74, 6) is 0.0594. The highest BCUT2D eigenvalue weighted by atomic mass is 35.5. The molecule has 0 fully saturated rings. The van der Waals surface area contributed by atoms with Crippen LogP contribution in [0, 0.1) is 0 Å². The number of carbonyl (C=O) groups is 1. The van der Waals surface area contributed by atoms with Crippen LogP contribution in [0.1, 0.15) is 10.4 Å². The molecule has 0 unspecified atom stereocenters. The number of carbonyl (C=O) groups excluding carboxylic acids is 1. The van der Waals surface area contributed by atoms with Crippen LogP contribution in [-0.4, -0.2) is 10.8 Å². The quantitative estimate of drug-likeness (QED) is 0.390. The average molecular weight is 360 g/mol. The zero-order valence-corrected chi connectivity index (χ0v) is 14.7. The van der Waals surface area contributed by atoms with Crippen molar-refractivity contribution in [2.24, 2.45) is 0 Å². The Morgan fingerprint density at radius 2 is 1.77 bits per heavy atom. The van der Waals surface area contributed by atoms with E-state index in [0.717, 1.165) is 27.6 Å². The molecule has 0 bridgehead atoms. The van der Waals surface area contributed by atoms with Gasteiger partial charge in [0.05, 0.1) is 6.20 Å². The van der Waals surface area contributed by atoms with Crippen LogP contribution in [0.4, 0.5) is 0 Å². The minimum Gasteiger partial charge on any atom is -0.290 e. The molecule has 3 nitrogen and oxygen atoms in total. The second-order valence-electron chi connectivity index (χ2n) is 6.08. The van der Waals surface area contributed by atoms with Gasteiger partial charge in [-0.3, -0.25) is 4.79 Å². The highest BCUT2D eigenvalue weighted by Crippen LogP contribution is 2.20. The van der Waals surface area contributed by atoms with Crippen LogP contribution < -0.4 is 4.57 Å². The third-order valence-electron chi connectivity index (χ3n) is 4.31. The van der Waals surface area contributed by atoms with E-state index in [0.29, 0.717) is 5.02 Å². The van der Waals surface area contributed by atoms with Gasteiger partial charge in [-0.15, -0.1) is 0 Å². The summed E-state index contributed by atoms with van der Waals surface area (Å²) in [4.78, 5) is 17.2. The Labute approximate surface area is 156 Å². The third-order valence-corrected chi connectivity index (χ3v) is 4.54. The lowest BCUT2D eigenvalue weighted by Crippen LogP contribution is -2.37. The summed E-state index contributed by atoms with van der Waals surface area (Å²) < 4.78 is 1.79. The average Bonchev–Trinajstić information content (AvgIpc) is 2.68. The van der Waals surface area contributed by atoms with Crippen LogP contribution in [0.3, 0.4) is 0 Å². The molecular formula is C22H16ClN2O+. The molecule has 3 aromatic carbocycles. The van der Waals surface area contributed by atoms with Gasteiger partial charge in [-0.2, -0.15) is 0 Å². The number of hydrogen-bond donors (Lipinski definition) is 0. The molecular weight excluding hydrogens is 344 g/mol. The first-order valence-corrected chi connectivity index (χ1v) is 8.70. The first-order valence-electron chi connectivity index (χ1n) is 8.33. The molecule has 0 radical (unpaired) electrons. The monoisotopic (exact) mass is 359 g/mol. The zero-order chi connectivity index (χ0) is 17.9. The molecule has 1 aromatic heterocycles. The van der Waals surface area contributed by atoms with Crippen LogP contribution in [0.5, 0.6) is 0 Å². The maximum atomic E-state index is 12.8. The van der Waals surface area contributed by atoms with Crippen LogP contribution >= 0.6 is 11.6 Å². The Morgan fingerprint density at radius 1 is 0.962 bits per heavy atom. The van der Waals surface area contributed by atoms with E-state index in [4.69, 9.17) is 11.6 Å². The summed E-state index contributed by atoms with van der Waals surface area (Å²) in [6, 6.07) is 23.2. The summed E-state index contributed by atoms with van der Waals surface area (Å²) in [7, 11) is 0. The molecule has 4 aromatic rings. The van der Waals surface area contributed by atoms with Crippen molar-refractivity contribution in [3.63, 3.8) is 0 Å². The Morgan fingerprint density at radius 3 is 2.58 bits per heavy atom. The van der Waals surface area contributed by atoms with E-state index < -0.39 is 0 Å². The molecule has 0 aliphatic heterocycles. The second kappa shape index (κ2) is 7.06. The second-order valence-corrected chi connectivity index (χ2v) is 6.51. The molecule has 0 saturated carbocycles.